The summed E-state index contributed by atoms with van der Waals surface area (Å²) in [5, 5.41) is 5.86. The molecule has 0 atom stereocenters. The van der Waals surface area contributed by atoms with Crippen LogP contribution in [0.1, 0.15) is 27.2 Å². The van der Waals surface area contributed by atoms with Crippen LogP contribution in [0.25, 0.3) is 11.3 Å². The summed E-state index contributed by atoms with van der Waals surface area (Å²) in [6.07, 6.45) is 0.455. The van der Waals surface area contributed by atoms with Gasteiger partial charge in [-0.15, -0.1) is 11.3 Å². The highest BCUT2D eigenvalue weighted by atomic mass is 35.5. The average Bonchev–Trinajstić information content (AvgIpc) is 2.84. The third-order valence-electron chi connectivity index (χ3n) is 2.89. The Morgan fingerprint density at radius 2 is 2.14 bits per heavy atom. The third kappa shape index (κ3) is 4.45. The van der Waals surface area contributed by atoms with Crippen LogP contribution in [-0.4, -0.2) is 18.0 Å². The van der Waals surface area contributed by atoms with Gasteiger partial charge in [0, 0.05) is 17.4 Å². The van der Waals surface area contributed by atoms with Gasteiger partial charge < -0.3 is 10.1 Å². The molecule has 6 heteroatoms. The van der Waals surface area contributed by atoms with Gasteiger partial charge in [0.25, 0.3) is 0 Å². The van der Waals surface area contributed by atoms with Crippen molar-refractivity contribution in [3.8, 4) is 17.0 Å². The van der Waals surface area contributed by atoms with Gasteiger partial charge in [-0.2, -0.15) is 0 Å². The number of carbonyl (C=O) groups excluding carboxylic acids is 1. The maximum absolute atomic E-state index is 11.9. The van der Waals surface area contributed by atoms with Crippen molar-refractivity contribution in [1.82, 2.24) is 4.98 Å². The number of rotatable bonds is 4. The molecule has 1 aromatic heterocycles. The van der Waals surface area contributed by atoms with Gasteiger partial charge in [0.05, 0.1) is 17.8 Å². The molecule has 0 bridgehead atoms. The minimum atomic E-state index is -0.0479. The number of hydrogen-bond acceptors (Lipinski definition) is 4. The van der Waals surface area contributed by atoms with Crippen molar-refractivity contribution in [3.05, 3.63) is 28.6 Å². The lowest BCUT2D eigenvalue weighted by molar-refractivity contribution is -0.117. The summed E-state index contributed by atoms with van der Waals surface area (Å²) in [7, 11) is 1.58. The number of nitrogens with one attached hydrogen (secondary N) is 1. The third-order valence-corrected chi connectivity index (χ3v) is 3.94. The molecule has 4 nitrogen and oxygen atoms in total. The number of amides is 1. The predicted octanol–water partition coefficient (Wildman–Crippen LogP) is 4.85. The Balaban J connectivity index is 2.11. The fourth-order valence-electron chi connectivity index (χ4n) is 1.93. The van der Waals surface area contributed by atoms with Crippen molar-refractivity contribution < 1.29 is 9.53 Å². The predicted molar refractivity (Wildman–Crippen MR) is 91.8 cm³/mol. The minimum Gasteiger partial charge on any atom is -0.495 e. The first-order chi connectivity index (χ1) is 10.3. The Morgan fingerprint density at radius 3 is 2.73 bits per heavy atom. The highest BCUT2D eigenvalue weighted by molar-refractivity contribution is 7.14. The van der Waals surface area contributed by atoms with Crippen LogP contribution in [0, 0.1) is 5.41 Å². The smallest absolute Gasteiger partial charge is 0.226 e. The number of methoxy groups -OCH3 is 1. The number of hydrogen-bond donors (Lipinski definition) is 1. The van der Waals surface area contributed by atoms with Gasteiger partial charge in [0.15, 0.2) is 5.13 Å². The van der Waals surface area contributed by atoms with Gasteiger partial charge in [0.1, 0.15) is 5.75 Å². The van der Waals surface area contributed by atoms with Crippen LogP contribution < -0.4 is 10.1 Å². The molecule has 0 saturated heterocycles. The number of nitrogens with zero attached hydrogens (tertiary/aromatic N) is 1. The Morgan fingerprint density at radius 1 is 1.41 bits per heavy atom. The zero-order valence-corrected chi connectivity index (χ0v) is 14.6. The van der Waals surface area contributed by atoms with E-state index in [4.69, 9.17) is 16.3 Å². The van der Waals surface area contributed by atoms with Crippen molar-refractivity contribution in [1.29, 1.82) is 0 Å². The second-order valence-electron chi connectivity index (χ2n) is 6.17. The quantitative estimate of drug-likeness (QED) is 0.867. The van der Waals surface area contributed by atoms with Crippen LogP contribution in [0.15, 0.2) is 23.6 Å². The Labute approximate surface area is 139 Å². The molecule has 0 aliphatic rings. The molecule has 1 amide bonds. The highest BCUT2D eigenvalue weighted by Crippen LogP contribution is 2.32. The van der Waals surface area contributed by atoms with E-state index in [1.165, 1.54) is 11.3 Å². The van der Waals surface area contributed by atoms with Crippen molar-refractivity contribution in [2.45, 2.75) is 27.2 Å². The molecule has 2 aromatic rings. The highest BCUT2D eigenvalue weighted by Gasteiger charge is 2.17. The summed E-state index contributed by atoms with van der Waals surface area (Å²) in [6, 6.07) is 5.49. The van der Waals surface area contributed by atoms with Crippen LogP contribution in [0.4, 0.5) is 5.13 Å². The molecule has 2 rings (SSSR count). The number of carbonyl (C=O) groups is 1. The van der Waals surface area contributed by atoms with Crippen LogP contribution in [0.5, 0.6) is 5.75 Å². The van der Waals surface area contributed by atoms with Crippen molar-refractivity contribution >= 4 is 34.0 Å². The van der Waals surface area contributed by atoms with E-state index in [0.717, 1.165) is 11.3 Å². The molecule has 0 radical (unpaired) electrons. The number of halogens is 1. The van der Waals surface area contributed by atoms with Gasteiger partial charge >= 0.3 is 0 Å². The number of ether oxygens (including phenoxy) is 1. The van der Waals surface area contributed by atoms with Gasteiger partial charge in [-0.3, -0.25) is 4.79 Å². The maximum atomic E-state index is 11.9. The molecule has 1 N–H and O–H groups in total. The van der Waals surface area contributed by atoms with Gasteiger partial charge in [-0.25, -0.2) is 4.98 Å². The molecular weight excluding hydrogens is 320 g/mol. The van der Waals surface area contributed by atoms with Gasteiger partial charge in [-0.05, 0) is 23.6 Å². The Kier molecular flexibility index (Phi) is 5.08. The van der Waals surface area contributed by atoms with E-state index in [1.807, 2.05) is 32.2 Å². The molecule has 0 saturated carbocycles. The molecule has 118 valence electrons. The lowest BCUT2D eigenvalue weighted by Gasteiger charge is -2.16. The summed E-state index contributed by atoms with van der Waals surface area (Å²) < 4.78 is 5.13. The summed E-state index contributed by atoms with van der Waals surface area (Å²) in [5.74, 6) is 0.598. The second kappa shape index (κ2) is 6.67. The van der Waals surface area contributed by atoms with E-state index in [9.17, 15) is 4.79 Å². The monoisotopic (exact) mass is 338 g/mol. The van der Waals surface area contributed by atoms with E-state index >= 15 is 0 Å². The fourth-order valence-corrected chi connectivity index (χ4v) is 2.93. The molecular formula is C16H19ClN2O2S. The summed E-state index contributed by atoms with van der Waals surface area (Å²) in [4.78, 5) is 16.4. The van der Waals surface area contributed by atoms with E-state index in [-0.39, 0.29) is 11.3 Å². The lowest BCUT2D eigenvalue weighted by Crippen LogP contribution is -2.19. The van der Waals surface area contributed by atoms with Gasteiger partial charge in [0.2, 0.25) is 5.91 Å². The van der Waals surface area contributed by atoms with E-state index in [1.54, 1.807) is 19.2 Å². The Hall–Kier alpha value is -1.59. The van der Waals surface area contributed by atoms with Crippen LogP contribution in [0.2, 0.25) is 5.02 Å². The molecule has 0 spiro atoms. The zero-order chi connectivity index (χ0) is 16.3. The standard InChI is InChI=1S/C16H19ClN2O2S/c1-16(2,3)8-14(20)19-15-18-12(9-22-15)10-5-6-13(21-4)11(17)7-10/h5-7,9H,8H2,1-4H3,(H,18,19,20). The number of aromatic nitrogens is 1. The Bertz CT molecular complexity index is 677. The SMILES string of the molecule is COc1ccc(-c2csc(NC(=O)CC(C)(C)C)n2)cc1Cl. The van der Waals surface area contributed by atoms with E-state index in [0.29, 0.717) is 22.3 Å². The fraction of sp³-hybridized carbons (Fsp3) is 0.375. The molecule has 1 heterocycles. The molecule has 1 aromatic carbocycles. The topological polar surface area (TPSA) is 51.2 Å². The molecule has 22 heavy (non-hydrogen) atoms. The summed E-state index contributed by atoms with van der Waals surface area (Å²) in [6.45, 7) is 6.08. The molecule has 0 unspecified atom stereocenters. The van der Waals surface area contributed by atoms with E-state index in [2.05, 4.69) is 10.3 Å². The van der Waals surface area contributed by atoms with Crippen LogP contribution >= 0.6 is 22.9 Å². The first-order valence-electron chi connectivity index (χ1n) is 6.88. The minimum absolute atomic E-state index is 0.0267. The second-order valence-corrected chi connectivity index (χ2v) is 7.44. The largest absolute Gasteiger partial charge is 0.495 e. The lowest BCUT2D eigenvalue weighted by atomic mass is 9.92. The van der Waals surface area contributed by atoms with Crippen LogP contribution in [-0.2, 0) is 4.79 Å². The van der Waals surface area contributed by atoms with Gasteiger partial charge in [-0.1, -0.05) is 32.4 Å². The summed E-state index contributed by atoms with van der Waals surface area (Å²) >= 11 is 7.52. The normalized spacial score (nSPS) is 11.3. The summed E-state index contributed by atoms with van der Waals surface area (Å²) in [5.41, 5.74) is 1.62. The van der Waals surface area contributed by atoms with Crippen molar-refractivity contribution in [2.75, 3.05) is 12.4 Å². The number of benzene rings is 1. The number of thiazole rings is 1. The molecule has 0 aliphatic carbocycles. The van der Waals surface area contributed by atoms with Crippen molar-refractivity contribution in [2.24, 2.45) is 5.41 Å². The van der Waals surface area contributed by atoms with Crippen LogP contribution in [0.3, 0.4) is 0 Å². The van der Waals surface area contributed by atoms with Crippen molar-refractivity contribution in [3.63, 3.8) is 0 Å². The first-order valence-corrected chi connectivity index (χ1v) is 8.13. The average molecular weight is 339 g/mol. The first kappa shape index (κ1) is 16.8. The maximum Gasteiger partial charge on any atom is 0.226 e. The van der Waals surface area contributed by atoms with E-state index < -0.39 is 0 Å². The number of anilines is 1. The molecule has 0 aliphatic heterocycles. The molecule has 0 fully saturated rings. The zero-order valence-electron chi connectivity index (χ0n) is 13.1.